The molecule has 0 spiro atoms. The molecule has 1 unspecified atom stereocenters. The number of hydrogen-bond acceptors (Lipinski definition) is 3. The van der Waals surface area contributed by atoms with E-state index in [9.17, 15) is 9.59 Å². The number of hydrogen-bond donors (Lipinski definition) is 3. The first-order chi connectivity index (χ1) is 8.43. The zero-order valence-corrected chi connectivity index (χ0v) is 11.4. The van der Waals surface area contributed by atoms with Crippen molar-refractivity contribution in [2.24, 2.45) is 11.8 Å². The van der Waals surface area contributed by atoms with Crippen LogP contribution in [0.1, 0.15) is 27.2 Å². The number of carbonyl (C=O) groups excluding carboxylic acids is 1. The number of ether oxygens (including phenoxy) is 1. The van der Waals surface area contributed by atoms with Gasteiger partial charge in [0, 0.05) is 19.7 Å². The topological polar surface area (TPSA) is 87.7 Å². The Bertz CT molecular complexity index is 256. The highest BCUT2D eigenvalue weighted by atomic mass is 16.5. The zero-order chi connectivity index (χ0) is 14.0. The third kappa shape index (κ3) is 9.89. The molecule has 0 bridgehead atoms. The largest absolute Gasteiger partial charge is 0.481 e. The number of nitrogens with one attached hydrogen (secondary N) is 2. The van der Waals surface area contributed by atoms with Crippen LogP contribution in [-0.2, 0) is 9.53 Å². The summed E-state index contributed by atoms with van der Waals surface area (Å²) in [6.45, 7) is 7.49. The van der Waals surface area contributed by atoms with E-state index in [0.717, 1.165) is 6.42 Å². The SMILES string of the molecule is CC(C)CCOCCNC(=O)NCC(C)C(=O)O. The lowest BCUT2D eigenvalue weighted by atomic mass is 10.1. The Kier molecular flexibility index (Phi) is 9.00. The summed E-state index contributed by atoms with van der Waals surface area (Å²) in [4.78, 5) is 21.7. The van der Waals surface area contributed by atoms with Crippen LogP contribution < -0.4 is 10.6 Å². The zero-order valence-electron chi connectivity index (χ0n) is 11.4. The van der Waals surface area contributed by atoms with Crippen molar-refractivity contribution in [1.82, 2.24) is 10.6 Å². The van der Waals surface area contributed by atoms with Crippen LogP contribution in [-0.4, -0.2) is 43.4 Å². The number of carbonyl (C=O) groups is 2. The maximum absolute atomic E-state index is 11.2. The number of rotatable bonds is 9. The van der Waals surface area contributed by atoms with Crippen LogP contribution in [0.3, 0.4) is 0 Å². The fourth-order valence-electron chi connectivity index (χ4n) is 1.05. The molecule has 0 aliphatic rings. The maximum Gasteiger partial charge on any atom is 0.314 e. The van der Waals surface area contributed by atoms with Crippen molar-refractivity contribution in [1.29, 1.82) is 0 Å². The molecular weight excluding hydrogens is 236 g/mol. The van der Waals surface area contributed by atoms with Crippen LogP contribution in [0.2, 0.25) is 0 Å². The third-order valence-corrected chi connectivity index (χ3v) is 2.36. The van der Waals surface area contributed by atoms with Gasteiger partial charge < -0.3 is 20.5 Å². The summed E-state index contributed by atoms with van der Waals surface area (Å²) >= 11 is 0. The summed E-state index contributed by atoms with van der Waals surface area (Å²) in [5.41, 5.74) is 0. The first kappa shape index (κ1) is 16.7. The highest BCUT2D eigenvalue weighted by molar-refractivity contribution is 5.75. The second-order valence-corrected chi connectivity index (χ2v) is 4.67. The van der Waals surface area contributed by atoms with Crippen molar-refractivity contribution >= 4 is 12.0 Å². The summed E-state index contributed by atoms with van der Waals surface area (Å²) < 4.78 is 5.32. The van der Waals surface area contributed by atoms with Gasteiger partial charge in [0.15, 0.2) is 0 Å². The average Bonchev–Trinajstić information content (AvgIpc) is 2.29. The van der Waals surface area contributed by atoms with Crippen molar-refractivity contribution in [2.75, 3.05) is 26.3 Å². The van der Waals surface area contributed by atoms with Crippen molar-refractivity contribution in [3.05, 3.63) is 0 Å². The van der Waals surface area contributed by atoms with Crippen LogP contribution >= 0.6 is 0 Å². The van der Waals surface area contributed by atoms with Gasteiger partial charge in [-0.15, -0.1) is 0 Å². The van der Waals surface area contributed by atoms with E-state index in [2.05, 4.69) is 24.5 Å². The van der Waals surface area contributed by atoms with E-state index in [0.29, 0.717) is 25.7 Å². The Labute approximate surface area is 108 Å². The van der Waals surface area contributed by atoms with E-state index in [-0.39, 0.29) is 12.6 Å². The number of carboxylic acids is 1. The number of aliphatic carboxylic acids is 1. The molecule has 0 saturated heterocycles. The van der Waals surface area contributed by atoms with Crippen LogP contribution in [0, 0.1) is 11.8 Å². The molecule has 0 rings (SSSR count). The van der Waals surface area contributed by atoms with Gasteiger partial charge in [0.25, 0.3) is 0 Å². The predicted molar refractivity (Wildman–Crippen MR) is 68.5 cm³/mol. The van der Waals surface area contributed by atoms with E-state index >= 15 is 0 Å². The molecule has 3 N–H and O–H groups in total. The second kappa shape index (κ2) is 9.70. The molecule has 0 aliphatic carbocycles. The summed E-state index contributed by atoms with van der Waals surface area (Å²) in [5.74, 6) is -0.899. The first-order valence-corrected chi connectivity index (χ1v) is 6.25. The van der Waals surface area contributed by atoms with Crippen molar-refractivity contribution in [3.8, 4) is 0 Å². The molecule has 0 fully saturated rings. The predicted octanol–water partition coefficient (Wildman–Crippen LogP) is 1.07. The third-order valence-electron chi connectivity index (χ3n) is 2.36. The van der Waals surface area contributed by atoms with Crippen LogP contribution in [0.15, 0.2) is 0 Å². The summed E-state index contributed by atoms with van der Waals surface area (Å²) in [7, 11) is 0. The van der Waals surface area contributed by atoms with Gasteiger partial charge in [0.1, 0.15) is 0 Å². The molecular formula is C12H24N2O4. The molecule has 0 aliphatic heterocycles. The van der Waals surface area contributed by atoms with Gasteiger partial charge in [-0.3, -0.25) is 4.79 Å². The molecule has 6 nitrogen and oxygen atoms in total. The van der Waals surface area contributed by atoms with Gasteiger partial charge >= 0.3 is 12.0 Å². The van der Waals surface area contributed by atoms with Gasteiger partial charge in [-0.2, -0.15) is 0 Å². The molecule has 2 amide bonds. The van der Waals surface area contributed by atoms with E-state index in [1.54, 1.807) is 0 Å². The molecule has 0 aromatic rings. The van der Waals surface area contributed by atoms with Crippen LogP contribution in [0.5, 0.6) is 0 Å². The minimum absolute atomic E-state index is 0.120. The lowest BCUT2D eigenvalue weighted by molar-refractivity contribution is -0.140. The number of carboxylic acid groups (broad SMARTS) is 1. The summed E-state index contributed by atoms with van der Waals surface area (Å²) in [5, 5.41) is 13.7. The molecule has 0 saturated carbocycles. The molecule has 0 heterocycles. The number of amides is 2. The molecule has 0 aromatic heterocycles. The highest BCUT2D eigenvalue weighted by Gasteiger charge is 2.11. The van der Waals surface area contributed by atoms with Gasteiger partial charge in [-0.05, 0) is 12.3 Å². The monoisotopic (exact) mass is 260 g/mol. The Hall–Kier alpha value is -1.30. The van der Waals surface area contributed by atoms with E-state index < -0.39 is 11.9 Å². The molecule has 18 heavy (non-hydrogen) atoms. The van der Waals surface area contributed by atoms with E-state index in [1.165, 1.54) is 6.92 Å². The van der Waals surface area contributed by atoms with Crippen LogP contribution in [0.4, 0.5) is 4.79 Å². The van der Waals surface area contributed by atoms with E-state index in [1.807, 2.05) is 0 Å². The Morgan fingerprint density at radius 2 is 1.83 bits per heavy atom. The summed E-state index contributed by atoms with van der Waals surface area (Å²) in [6, 6.07) is -0.365. The first-order valence-electron chi connectivity index (χ1n) is 6.25. The van der Waals surface area contributed by atoms with Gasteiger partial charge in [-0.25, -0.2) is 4.79 Å². The molecule has 1 atom stereocenters. The second-order valence-electron chi connectivity index (χ2n) is 4.67. The fraction of sp³-hybridized carbons (Fsp3) is 0.833. The minimum atomic E-state index is -0.924. The fourth-order valence-corrected chi connectivity index (χ4v) is 1.05. The Morgan fingerprint density at radius 1 is 1.17 bits per heavy atom. The quantitative estimate of drug-likeness (QED) is 0.541. The van der Waals surface area contributed by atoms with Gasteiger partial charge in [0.2, 0.25) is 0 Å². The highest BCUT2D eigenvalue weighted by Crippen LogP contribution is 1.98. The lowest BCUT2D eigenvalue weighted by Crippen LogP contribution is -2.40. The Morgan fingerprint density at radius 3 is 2.39 bits per heavy atom. The molecule has 0 aromatic carbocycles. The average molecular weight is 260 g/mol. The normalized spacial score (nSPS) is 12.2. The minimum Gasteiger partial charge on any atom is -0.481 e. The standard InChI is InChI=1S/C12H24N2O4/c1-9(2)4-6-18-7-5-13-12(17)14-8-10(3)11(15)16/h9-10H,4-8H2,1-3H3,(H,15,16)(H2,13,14,17). The molecule has 6 heteroatoms. The van der Waals surface area contributed by atoms with Gasteiger partial charge in [-0.1, -0.05) is 20.8 Å². The summed E-state index contributed by atoms with van der Waals surface area (Å²) in [6.07, 6.45) is 1.00. The van der Waals surface area contributed by atoms with Crippen LogP contribution in [0.25, 0.3) is 0 Å². The van der Waals surface area contributed by atoms with Crippen molar-refractivity contribution < 1.29 is 19.4 Å². The van der Waals surface area contributed by atoms with Gasteiger partial charge in [0.05, 0.1) is 12.5 Å². The maximum atomic E-state index is 11.2. The molecule has 0 radical (unpaired) electrons. The van der Waals surface area contributed by atoms with Crippen molar-refractivity contribution in [3.63, 3.8) is 0 Å². The Balaban J connectivity index is 3.40. The molecule has 106 valence electrons. The number of urea groups is 1. The van der Waals surface area contributed by atoms with E-state index in [4.69, 9.17) is 9.84 Å². The van der Waals surface area contributed by atoms with Crippen molar-refractivity contribution in [2.45, 2.75) is 27.2 Å². The smallest absolute Gasteiger partial charge is 0.314 e. The lowest BCUT2D eigenvalue weighted by Gasteiger charge is -2.10.